The Labute approximate surface area is 84.8 Å². The Morgan fingerprint density at radius 2 is 2.21 bits per heavy atom. The van der Waals surface area contributed by atoms with Crippen molar-refractivity contribution >= 4 is 6.08 Å². The Morgan fingerprint density at radius 1 is 1.50 bits per heavy atom. The van der Waals surface area contributed by atoms with Crippen LogP contribution in [0.25, 0.3) is 6.08 Å². The summed E-state index contributed by atoms with van der Waals surface area (Å²) >= 11 is 0. The van der Waals surface area contributed by atoms with Crippen LogP contribution in [0.2, 0.25) is 0 Å². The highest BCUT2D eigenvalue weighted by Gasteiger charge is 2.32. The first-order chi connectivity index (χ1) is 6.50. The Balaban J connectivity index is 2.49. The monoisotopic (exact) mass is 191 g/mol. The van der Waals surface area contributed by atoms with Crippen LogP contribution in [-0.4, -0.2) is 0 Å². The maximum Gasteiger partial charge on any atom is 0.130 e. The van der Waals surface area contributed by atoms with Gasteiger partial charge in [-0.05, 0) is 25.3 Å². The van der Waals surface area contributed by atoms with E-state index in [1.807, 2.05) is 13.0 Å². The van der Waals surface area contributed by atoms with Crippen LogP contribution in [0, 0.1) is 5.92 Å². The Bertz CT molecular complexity index is 371. The highest BCUT2D eigenvalue weighted by atomic mass is 16.3. The summed E-state index contributed by atoms with van der Waals surface area (Å²) in [4.78, 5) is 0. The van der Waals surface area contributed by atoms with Crippen molar-refractivity contribution in [2.45, 2.75) is 32.7 Å². The second-order valence-electron chi connectivity index (χ2n) is 4.67. The third kappa shape index (κ3) is 1.40. The molecular weight excluding hydrogens is 174 g/mol. The summed E-state index contributed by atoms with van der Waals surface area (Å²) in [5.41, 5.74) is 8.44. The zero-order valence-corrected chi connectivity index (χ0v) is 9.00. The second-order valence-corrected chi connectivity index (χ2v) is 4.67. The molecule has 2 heteroatoms. The fourth-order valence-electron chi connectivity index (χ4n) is 2.02. The van der Waals surface area contributed by atoms with Gasteiger partial charge in [-0.3, -0.25) is 0 Å². The van der Waals surface area contributed by atoms with E-state index < -0.39 is 0 Å². The van der Waals surface area contributed by atoms with Crippen LogP contribution in [0.3, 0.4) is 0 Å². The van der Waals surface area contributed by atoms with Gasteiger partial charge in [0.1, 0.15) is 5.76 Å². The van der Waals surface area contributed by atoms with Crippen molar-refractivity contribution in [2.75, 3.05) is 0 Å². The lowest BCUT2D eigenvalue weighted by Crippen LogP contribution is -2.36. The maximum absolute atomic E-state index is 6.23. The minimum absolute atomic E-state index is 0.340. The lowest BCUT2D eigenvalue weighted by atomic mass is 9.80. The first kappa shape index (κ1) is 9.53. The summed E-state index contributed by atoms with van der Waals surface area (Å²) in [5.74, 6) is 1.47. The average molecular weight is 191 g/mol. The van der Waals surface area contributed by atoms with Gasteiger partial charge in [0.25, 0.3) is 0 Å². The second kappa shape index (κ2) is 2.99. The molecule has 0 fully saturated rings. The van der Waals surface area contributed by atoms with Crippen LogP contribution in [0.1, 0.15) is 38.5 Å². The summed E-state index contributed by atoms with van der Waals surface area (Å²) in [6.45, 7) is 6.44. The van der Waals surface area contributed by atoms with Crippen LogP contribution >= 0.6 is 0 Å². The predicted octanol–water partition coefficient (Wildman–Crippen LogP) is 2.90. The van der Waals surface area contributed by atoms with E-state index in [1.54, 1.807) is 6.26 Å². The molecular formula is C12H17NO. The van der Waals surface area contributed by atoms with Gasteiger partial charge >= 0.3 is 0 Å². The molecule has 0 aromatic carbocycles. The molecule has 0 saturated carbocycles. The van der Waals surface area contributed by atoms with E-state index in [2.05, 4.69) is 19.9 Å². The maximum atomic E-state index is 6.23. The van der Waals surface area contributed by atoms with Crippen molar-refractivity contribution in [3.8, 4) is 0 Å². The molecule has 2 nitrogen and oxygen atoms in total. The Kier molecular flexibility index (Phi) is 2.04. The summed E-state index contributed by atoms with van der Waals surface area (Å²) in [6, 6.07) is 1.99. The Morgan fingerprint density at radius 3 is 2.86 bits per heavy atom. The third-order valence-electron chi connectivity index (χ3n) is 2.87. The van der Waals surface area contributed by atoms with Gasteiger partial charge < -0.3 is 10.2 Å². The van der Waals surface area contributed by atoms with Gasteiger partial charge in [0.2, 0.25) is 0 Å². The molecule has 0 amide bonds. The standard InChI is InChI=1S/C12H17NO/c1-8(2)10-6-9-4-5-14-11(9)12(3,13)7-10/h4-6,8H,7,13H2,1-3H3. The molecule has 2 N–H and O–H groups in total. The summed E-state index contributed by atoms with van der Waals surface area (Å²) in [6.07, 6.45) is 4.82. The molecule has 0 aliphatic heterocycles. The molecule has 1 aromatic rings. The zero-order valence-electron chi connectivity index (χ0n) is 9.00. The Hall–Kier alpha value is -1.02. The van der Waals surface area contributed by atoms with Crippen LogP contribution in [0.5, 0.6) is 0 Å². The molecule has 1 aliphatic rings. The molecule has 0 radical (unpaired) electrons. The molecule has 0 saturated heterocycles. The number of hydrogen-bond acceptors (Lipinski definition) is 2. The molecule has 14 heavy (non-hydrogen) atoms. The zero-order chi connectivity index (χ0) is 10.3. The van der Waals surface area contributed by atoms with Crippen LogP contribution in [0.15, 0.2) is 22.3 Å². The lowest BCUT2D eigenvalue weighted by Gasteiger charge is -2.30. The van der Waals surface area contributed by atoms with Gasteiger partial charge in [0.05, 0.1) is 11.8 Å². The molecule has 0 bridgehead atoms. The van der Waals surface area contributed by atoms with Crippen molar-refractivity contribution in [3.05, 3.63) is 29.2 Å². The van der Waals surface area contributed by atoms with Crippen molar-refractivity contribution in [1.29, 1.82) is 0 Å². The molecule has 1 aliphatic carbocycles. The summed E-state index contributed by atoms with van der Waals surface area (Å²) in [5, 5.41) is 0. The fraction of sp³-hybridized carbons (Fsp3) is 0.500. The first-order valence-corrected chi connectivity index (χ1v) is 5.08. The van der Waals surface area contributed by atoms with Gasteiger partial charge in [-0.2, -0.15) is 0 Å². The van der Waals surface area contributed by atoms with Crippen molar-refractivity contribution in [2.24, 2.45) is 11.7 Å². The van der Waals surface area contributed by atoms with Gasteiger partial charge in [-0.15, -0.1) is 0 Å². The van der Waals surface area contributed by atoms with Crippen LogP contribution < -0.4 is 5.73 Å². The van der Waals surface area contributed by atoms with Gasteiger partial charge in [0, 0.05) is 5.56 Å². The highest BCUT2D eigenvalue weighted by molar-refractivity contribution is 5.59. The largest absolute Gasteiger partial charge is 0.467 e. The lowest BCUT2D eigenvalue weighted by molar-refractivity contribution is 0.353. The van der Waals surface area contributed by atoms with Crippen molar-refractivity contribution in [1.82, 2.24) is 0 Å². The molecule has 1 unspecified atom stereocenters. The van der Waals surface area contributed by atoms with Crippen LogP contribution in [0.4, 0.5) is 0 Å². The van der Waals surface area contributed by atoms with Crippen LogP contribution in [-0.2, 0) is 5.54 Å². The summed E-state index contributed by atoms with van der Waals surface area (Å²) in [7, 11) is 0. The van der Waals surface area contributed by atoms with Gasteiger partial charge in [-0.25, -0.2) is 0 Å². The van der Waals surface area contributed by atoms with E-state index in [4.69, 9.17) is 10.2 Å². The number of nitrogens with two attached hydrogens (primary N) is 1. The number of rotatable bonds is 1. The van der Waals surface area contributed by atoms with E-state index in [-0.39, 0.29) is 5.54 Å². The quantitative estimate of drug-likeness (QED) is 0.741. The minimum atomic E-state index is -0.340. The SMILES string of the molecule is CC(C)C1=Cc2ccoc2C(C)(N)C1. The minimum Gasteiger partial charge on any atom is -0.467 e. The van der Waals surface area contributed by atoms with Crippen molar-refractivity contribution < 1.29 is 4.42 Å². The van der Waals surface area contributed by atoms with Crippen molar-refractivity contribution in [3.63, 3.8) is 0 Å². The number of furan rings is 1. The molecule has 76 valence electrons. The predicted molar refractivity (Wildman–Crippen MR) is 57.7 cm³/mol. The molecule has 1 aromatic heterocycles. The average Bonchev–Trinajstić information content (AvgIpc) is 2.51. The van der Waals surface area contributed by atoms with E-state index in [0.717, 1.165) is 17.7 Å². The highest BCUT2D eigenvalue weighted by Crippen LogP contribution is 2.37. The normalized spacial score (nSPS) is 26.2. The smallest absolute Gasteiger partial charge is 0.130 e. The molecule has 2 rings (SSSR count). The topological polar surface area (TPSA) is 39.2 Å². The van der Waals surface area contributed by atoms with Gasteiger partial charge in [-0.1, -0.05) is 25.5 Å². The van der Waals surface area contributed by atoms with E-state index in [0.29, 0.717) is 5.92 Å². The van der Waals surface area contributed by atoms with E-state index in [9.17, 15) is 0 Å². The number of fused-ring (bicyclic) bond motifs is 1. The van der Waals surface area contributed by atoms with Gasteiger partial charge in [0.15, 0.2) is 0 Å². The molecule has 0 spiro atoms. The van der Waals surface area contributed by atoms with E-state index in [1.165, 1.54) is 5.57 Å². The first-order valence-electron chi connectivity index (χ1n) is 5.08. The summed E-state index contributed by atoms with van der Waals surface area (Å²) < 4.78 is 5.43. The number of hydrogen-bond donors (Lipinski definition) is 1. The molecule has 1 atom stereocenters. The third-order valence-corrected chi connectivity index (χ3v) is 2.87. The fourth-order valence-corrected chi connectivity index (χ4v) is 2.02. The van der Waals surface area contributed by atoms with E-state index >= 15 is 0 Å². The molecule has 1 heterocycles.